The molecule has 140 valence electrons. The Kier molecular flexibility index (Phi) is 7.50. The first kappa shape index (κ1) is 19.5. The van der Waals surface area contributed by atoms with Crippen LogP contribution in [-0.2, 0) is 11.3 Å². The largest absolute Gasteiger partial charge is 0.377 e. The van der Waals surface area contributed by atoms with Gasteiger partial charge in [-0.1, -0.05) is 18.9 Å². The van der Waals surface area contributed by atoms with Gasteiger partial charge < -0.3 is 20.3 Å². The quantitative estimate of drug-likeness (QED) is 0.612. The number of hydrogen-bond donors (Lipinski definition) is 2. The third-order valence-corrected chi connectivity index (χ3v) is 4.66. The molecule has 0 aliphatic carbocycles. The number of nitrogens with one attached hydrogen (secondary N) is 2. The van der Waals surface area contributed by atoms with Crippen LogP contribution < -0.4 is 15.5 Å². The van der Waals surface area contributed by atoms with Gasteiger partial charge in [-0.05, 0) is 38.3 Å². The van der Waals surface area contributed by atoms with Gasteiger partial charge in [0.05, 0.1) is 5.60 Å². The summed E-state index contributed by atoms with van der Waals surface area (Å²) in [4.78, 5) is 11.3. The third kappa shape index (κ3) is 6.53. The predicted molar refractivity (Wildman–Crippen MR) is 104 cm³/mol. The number of aromatic nitrogens is 1. The third-order valence-electron chi connectivity index (χ3n) is 4.66. The first-order valence-electron chi connectivity index (χ1n) is 9.23. The zero-order valence-corrected chi connectivity index (χ0v) is 16.1. The summed E-state index contributed by atoms with van der Waals surface area (Å²) in [6.45, 7) is 7.71. The van der Waals surface area contributed by atoms with Crippen molar-refractivity contribution < 1.29 is 4.74 Å². The highest BCUT2D eigenvalue weighted by molar-refractivity contribution is 5.79. The minimum Gasteiger partial charge on any atom is -0.377 e. The summed E-state index contributed by atoms with van der Waals surface area (Å²) in [6.07, 6.45) is 7.17. The molecule has 2 heterocycles. The van der Waals surface area contributed by atoms with Crippen molar-refractivity contribution in [2.24, 2.45) is 4.99 Å². The van der Waals surface area contributed by atoms with Crippen LogP contribution >= 0.6 is 0 Å². The number of hydrogen-bond acceptors (Lipinski definition) is 4. The first-order chi connectivity index (χ1) is 12.0. The van der Waals surface area contributed by atoms with E-state index in [1.165, 1.54) is 25.7 Å². The highest BCUT2D eigenvalue weighted by atomic mass is 16.5. The van der Waals surface area contributed by atoms with Crippen molar-refractivity contribution in [1.82, 2.24) is 15.6 Å². The van der Waals surface area contributed by atoms with Gasteiger partial charge in [-0.15, -0.1) is 0 Å². The van der Waals surface area contributed by atoms with Crippen molar-refractivity contribution >= 4 is 11.8 Å². The number of anilines is 1. The Labute approximate surface area is 152 Å². The Morgan fingerprint density at radius 2 is 1.92 bits per heavy atom. The van der Waals surface area contributed by atoms with Crippen LogP contribution in [0.15, 0.2) is 23.3 Å². The maximum Gasteiger partial charge on any atom is 0.191 e. The van der Waals surface area contributed by atoms with Gasteiger partial charge in [-0.2, -0.15) is 0 Å². The second kappa shape index (κ2) is 9.61. The highest BCUT2D eigenvalue weighted by Crippen LogP contribution is 2.17. The first-order valence-corrected chi connectivity index (χ1v) is 9.23. The average molecular weight is 348 g/mol. The van der Waals surface area contributed by atoms with E-state index in [0.29, 0.717) is 13.1 Å². The van der Waals surface area contributed by atoms with Gasteiger partial charge in [0, 0.05) is 46.5 Å². The zero-order chi connectivity index (χ0) is 18.1. The zero-order valence-electron chi connectivity index (χ0n) is 16.1. The van der Waals surface area contributed by atoms with E-state index >= 15 is 0 Å². The molecule has 1 fully saturated rings. The molecule has 1 saturated heterocycles. The van der Waals surface area contributed by atoms with Crippen LogP contribution in [0.1, 0.15) is 45.1 Å². The van der Waals surface area contributed by atoms with Gasteiger partial charge in [0.25, 0.3) is 0 Å². The van der Waals surface area contributed by atoms with Crippen molar-refractivity contribution in [2.45, 2.75) is 51.7 Å². The lowest BCUT2D eigenvalue weighted by Crippen LogP contribution is -2.45. The molecule has 0 atom stereocenters. The Balaban J connectivity index is 1.83. The van der Waals surface area contributed by atoms with Gasteiger partial charge in [0.2, 0.25) is 0 Å². The van der Waals surface area contributed by atoms with Crippen molar-refractivity contribution in [3.63, 3.8) is 0 Å². The Morgan fingerprint density at radius 1 is 1.20 bits per heavy atom. The van der Waals surface area contributed by atoms with E-state index in [1.54, 1.807) is 14.2 Å². The number of methoxy groups -OCH3 is 1. The molecule has 0 radical (unpaired) electrons. The molecule has 0 amide bonds. The SMILES string of the molecule is CN=C(NCc1ccc(N2CCCCCC2)nc1)NCC(C)(C)OC. The predicted octanol–water partition coefficient (Wildman–Crippen LogP) is 2.55. The van der Waals surface area contributed by atoms with Crippen LogP contribution in [0.5, 0.6) is 0 Å². The lowest BCUT2D eigenvalue weighted by molar-refractivity contribution is 0.0268. The maximum absolute atomic E-state index is 5.42. The number of pyridine rings is 1. The van der Waals surface area contributed by atoms with Crippen LogP contribution in [0.4, 0.5) is 5.82 Å². The van der Waals surface area contributed by atoms with E-state index in [0.717, 1.165) is 30.4 Å². The van der Waals surface area contributed by atoms with Gasteiger partial charge in [-0.3, -0.25) is 4.99 Å². The Hall–Kier alpha value is -1.82. The van der Waals surface area contributed by atoms with Crippen molar-refractivity contribution in [2.75, 3.05) is 38.7 Å². The molecular weight excluding hydrogens is 314 g/mol. The molecule has 2 rings (SSSR count). The van der Waals surface area contributed by atoms with Crippen LogP contribution in [0.3, 0.4) is 0 Å². The van der Waals surface area contributed by atoms with Crippen molar-refractivity contribution in [3.05, 3.63) is 23.9 Å². The average Bonchev–Trinajstić information content (AvgIpc) is 2.92. The van der Waals surface area contributed by atoms with Crippen LogP contribution in [-0.4, -0.2) is 50.3 Å². The molecule has 6 heteroatoms. The summed E-state index contributed by atoms with van der Waals surface area (Å²) < 4.78 is 5.42. The fourth-order valence-corrected chi connectivity index (χ4v) is 2.78. The summed E-state index contributed by atoms with van der Waals surface area (Å²) in [7, 11) is 3.49. The number of guanidine groups is 1. The van der Waals surface area contributed by atoms with E-state index in [1.807, 2.05) is 20.0 Å². The summed E-state index contributed by atoms with van der Waals surface area (Å²) in [5.74, 6) is 1.86. The summed E-state index contributed by atoms with van der Waals surface area (Å²) in [5.41, 5.74) is 0.918. The van der Waals surface area contributed by atoms with E-state index in [4.69, 9.17) is 4.74 Å². The Bertz CT molecular complexity index is 533. The second-order valence-electron chi connectivity index (χ2n) is 7.17. The van der Waals surface area contributed by atoms with Crippen LogP contribution in [0.25, 0.3) is 0 Å². The number of rotatable bonds is 6. The normalized spacial score (nSPS) is 16.5. The number of nitrogens with zero attached hydrogens (tertiary/aromatic N) is 3. The molecule has 0 aromatic carbocycles. The maximum atomic E-state index is 5.42. The van der Waals surface area contributed by atoms with Gasteiger partial charge in [-0.25, -0.2) is 4.98 Å². The fourth-order valence-electron chi connectivity index (χ4n) is 2.78. The van der Waals surface area contributed by atoms with E-state index in [9.17, 15) is 0 Å². The molecule has 0 unspecified atom stereocenters. The molecule has 1 aromatic heterocycles. The van der Waals surface area contributed by atoms with Crippen molar-refractivity contribution in [3.8, 4) is 0 Å². The second-order valence-corrected chi connectivity index (χ2v) is 7.17. The molecule has 0 spiro atoms. The number of aliphatic imine (C=N–C) groups is 1. The molecule has 0 saturated carbocycles. The van der Waals surface area contributed by atoms with Crippen LogP contribution in [0.2, 0.25) is 0 Å². The Morgan fingerprint density at radius 3 is 2.48 bits per heavy atom. The monoisotopic (exact) mass is 347 g/mol. The minimum atomic E-state index is -0.228. The molecular formula is C19H33N5O. The molecule has 1 aliphatic heterocycles. The summed E-state index contributed by atoms with van der Waals surface area (Å²) in [6, 6.07) is 4.28. The molecule has 1 aliphatic rings. The summed E-state index contributed by atoms with van der Waals surface area (Å²) >= 11 is 0. The topological polar surface area (TPSA) is 61.8 Å². The minimum absolute atomic E-state index is 0.228. The van der Waals surface area contributed by atoms with E-state index in [-0.39, 0.29) is 5.60 Å². The van der Waals surface area contributed by atoms with Crippen LogP contribution in [0, 0.1) is 0 Å². The lowest BCUT2D eigenvalue weighted by atomic mass is 10.1. The van der Waals surface area contributed by atoms with Gasteiger partial charge in [0.1, 0.15) is 5.82 Å². The van der Waals surface area contributed by atoms with E-state index in [2.05, 4.69) is 37.6 Å². The smallest absolute Gasteiger partial charge is 0.191 e. The van der Waals surface area contributed by atoms with E-state index < -0.39 is 0 Å². The van der Waals surface area contributed by atoms with Gasteiger partial charge >= 0.3 is 0 Å². The standard InChI is InChI=1S/C19H33N5O/c1-19(2,25-4)15-23-18(20-3)22-14-16-9-10-17(21-13-16)24-11-7-5-6-8-12-24/h9-10,13H,5-8,11-12,14-15H2,1-4H3,(H2,20,22,23). The molecule has 0 bridgehead atoms. The molecule has 2 N–H and O–H groups in total. The molecule has 6 nitrogen and oxygen atoms in total. The highest BCUT2D eigenvalue weighted by Gasteiger charge is 2.16. The van der Waals surface area contributed by atoms with Crippen molar-refractivity contribution in [1.29, 1.82) is 0 Å². The number of ether oxygens (including phenoxy) is 1. The summed E-state index contributed by atoms with van der Waals surface area (Å²) in [5, 5.41) is 6.61. The molecule has 1 aromatic rings. The fraction of sp³-hybridized carbons (Fsp3) is 0.684. The van der Waals surface area contributed by atoms with Gasteiger partial charge in [0.15, 0.2) is 5.96 Å². The lowest BCUT2D eigenvalue weighted by Gasteiger charge is -2.24. The molecule has 25 heavy (non-hydrogen) atoms.